The number of nitrogens with one attached hydrogen (secondary N) is 2. The Bertz CT molecular complexity index is 360. The third-order valence-electron chi connectivity index (χ3n) is 1.18. The molecule has 0 unspecified atom stereocenters. The van der Waals surface area contributed by atoms with E-state index in [1.165, 1.54) is 0 Å². The highest BCUT2D eigenvalue weighted by Gasteiger charge is 2.00. The zero-order valence-electron chi connectivity index (χ0n) is 6.41. The van der Waals surface area contributed by atoms with Crippen molar-refractivity contribution in [3.8, 4) is 6.19 Å². The van der Waals surface area contributed by atoms with Crippen LogP contribution < -0.4 is 10.6 Å². The number of halogens is 1. The van der Waals surface area contributed by atoms with Gasteiger partial charge in [-0.15, -0.1) is 0 Å². The van der Waals surface area contributed by atoms with E-state index in [1.807, 2.05) is 0 Å². The summed E-state index contributed by atoms with van der Waals surface area (Å²) in [5, 5.41) is 13.7. The molecular formula is C7H5ClN4S. The molecule has 0 atom stereocenters. The zero-order chi connectivity index (χ0) is 9.68. The summed E-state index contributed by atoms with van der Waals surface area (Å²) < 4.78 is 0. The number of hydrogen-bond donors (Lipinski definition) is 2. The number of hydrogen-bond acceptors (Lipinski definition) is 3. The molecule has 0 saturated carbocycles. The first-order valence-corrected chi connectivity index (χ1v) is 4.09. The lowest BCUT2D eigenvalue weighted by molar-refractivity contribution is 1.27. The summed E-state index contributed by atoms with van der Waals surface area (Å²) in [5.41, 5.74) is 0.567. The van der Waals surface area contributed by atoms with Crippen molar-refractivity contribution >= 4 is 34.6 Å². The monoisotopic (exact) mass is 212 g/mol. The number of anilines is 1. The van der Waals surface area contributed by atoms with Crippen molar-refractivity contribution in [3.05, 3.63) is 23.5 Å². The van der Waals surface area contributed by atoms with Gasteiger partial charge in [-0.3, -0.25) is 5.32 Å². The SMILES string of the molecule is N#CNC(=S)Nc1cccnc1Cl. The second-order valence-corrected chi connectivity index (χ2v) is 2.80. The zero-order valence-corrected chi connectivity index (χ0v) is 7.99. The van der Waals surface area contributed by atoms with Crippen LogP contribution >= 0.6 is 23.8 Å². The van der Waals surface area contributed by atoms with Gasteiger partial charge in [-0.05, 0) is 24.4 Å². The van der Waals surface area contributed by atoms with Gasteiger partial charge in [0.05, 0.1) is 5.69 Å². The minimum absolute atomic E-state index is 0.192. The number of pyridine rings is 1. The molecule has 4 nitrogen and oxygen atoms in total. The molecule has 0 radical (unpaired) electrons. The van der Waals surface area contributed by atoms with E-state index in [0.29, 0.717) is 10.8 Å². The van der Waals surface area contributed by atoms with Gasteiger partial charge in [0.25, 0.3) is 0 Å². The van der Waals surface area contributed by atoms with Gasteiger partial charge < -0.3 is 5.32 Å². The Balaban J connectivity index is 2.70. The van der Waals surface area contributed by atoms with Crippen LogP contribution in [0.3, 0.4) is 0 Å². The fraction of sp³-hybridized carbons (Fsp3) is 0. The fourth-order valence-corrected chi connectivity index (χ4v) is 1.01. The Morgan fingerprint density at radius 1 is 1.69 bits per heavy atom. The Hall–Kier alpha value is -1.38. The van der Waals surface area contributed by atoms with Gasteiger partial charge >= 0.3 is 0 Å². The summed E-state index contributed by atoms with van der Waals surface area (Å²) in [5.74, 6) is 0. The third kappa shape index (κ3) is 2.86. The molecule has 0 aromatic carbocycles. The van der Waals surface area contributed by atoms with Crippen molar-refractivity contribution in [3.63, 3.8) is 0 Å². The van der Waals surface area contributed by atoms with Gasteiger partial charge in [0.15, 0.2) is 16.5 Å². The first-order valence-electron chi connectivity index (χ1n) is 3.30. The van der Waals surface area contributed by atoms with Gasteiger partial charge in [0.1, 0.15) is 0 Å². The van der Waals surface area contributed by atoms with Crippen molar-refractivity contribution < 1.29 is 0 Å². The predicted molar refractivity (Wildman–Crippen MR) is 54.2 cm³/mol. The van der Waals surface area contributed by atoms with Crippen molar-refractivity contribution in [2.75, 3.05) is 5.32 Å². The van der Waals surface area contributed by atoms with Crippen molar-refractivity contribution in [2.45, 2.75) is 0 Å². The summed E-state index contributed by atoms with van der Waals surface area (Å²) >= 11 is 10.5. The number of thiocarbonyl (C=S) groups is 1. The largest absolute Gasteiger partial charge is 0.329 e. The average molecular weight is 213 g/mol. The molecule has 0 aliphatic carbocycles. The lowest BCUT2D eigenvalue weighted by Gasteiger charge is -2.05. The first-order chi connectivity index (χ1) is 6.24. The molecule has 0 saturated heterocycles. The second-order valence-electron chi connectivity index (χ2n) is 2.03. The molecule has 66 valence electrons. The molecule has 0 aliphatic heterocycles. The van der Waals surface area contributed by atoms with Gasteiger partial charge in [0.2, 0.25) is 0 Å². The number of nitriles is 1. The summed E-state index contributed by atoms with van der Waals surface area (Å²) in [6.45, 7) is 0. The average Bonchev–Trinajstić information content (AvgIpc) is 2.09. The maximum Gasteiger partial charge on any atom is 0.184 e. The van der Waals surface area contributed by atoms with Crippen molar-refractivity contribution in [2.24, 2.45) is 0 Å². The van der Waals surface area contributed by atoms with E-state index in [4.69, 9.17) is 29.1 Å². The van der Waals surface area contributed by atoms with E-state index in [9.17, 15) is 0 Å². The van der Waals surface area contributed by atoms with Crippen LogP contribution in [0.25, 0.3) is 0 Å². The van der Waals surface area contributed by atoms with Gasteiger partial charge in [-0.25, -0.2) is 4.98 Å². The van der Waals surface area contributed by atoms with E-state index in [0.717, 1.165) is 0 Å². The van der Waals surface area contributed by atoms with E-state index < -0.39 is 0 Å². The van der Waals surface area contributed by atoms with Crippen LogP contribution in [0, 0.1) is 11.5 Å². The Kier molecular flexibility index (Phi) is 3.43. The molecule has 0 fully saturated rings. The molecule has 0 spiro atoms. The molecule has 13 heavy (non-hydrogen) atoms. The first kappa shape index (κ1) is 9.71. The molecule has 2 N–H and O–H groups in total. The van der Waals surface area contributed by atoms with Crippen LogP contribution in [0.1, 0.15) is 0 Å². The summed E-state index contributed by atoms with van der Waals surface area (Å²) in [6.07, 6.45) is 3.25. The standard InChI is InChI=1S/C7H5ClN4S/c8-6-5(2-1-3-10-6)12-7(13)11-4-9/h1-3H,(H2,11,12,13). The van der Waals surface area contributed by atoms with Gasteiger partial charge in [0, 0.05) is 6.20 Å². The van der Waals surface area contributed by atoms with Crippen LogP contribution in [-0.2, 0) is 0 Å². The van der Waals surface area contributed by atoms with Crippen LogP contribution in [0.15, 0.2) is 18.3 Å². The smallest absolute Gasteiger partial charge is 0.184 e. The van der Waals surface area contributed by atoms with E-state index >= 15 is 0 Å². The van der Waals surface area contributed by atoms with Crippen LogP contribution in [0.5, 0.6) is 0 Å². The van der Waals surface area contributed by atoms with Crippen LogP contribution in [0.2, 0.25) is 5.15 Å². The number of rotatable bonds is 1. The molecule has 0 amide bonds. The predicted octanol–water partition coefficient (Wildman–Crippen LogP) is 1.50. The molecule has 0 bridgehead atoms. The normalized spacial score (nSPS) is 8.62. The highest BCUT2D eigenvalue weighted by molar-refractivity contribution is 7.80. The van der Waals surface area contributed by atoms with Crippen LogP contribution in [-0.4, -0.2) is 10.1 Å². The molecule has 0 aliphatic rings. The number of aromatic nitrogens is 1. The molecule has 1 rings (SSSR count). The highest BCUT2D eigenvalue weighted by Crippen LogP contribution is 2.16. The fourth-order valence-electron chi connectivity index (χ4n) is 0.684. The summed E-state index contributed by atoms with van der Waals surface area (Å²) in [4.78, 5) is 3.82. The Morgan fingerprint density at radius 3 is 3.08 bits per heavy atom. The van der Waals surface area contributed by atoms with E-state index in [-0.39, 0.29) is 5.11 Å². The van der Waals surface area contributed by atoms with Crippen LogP contribution in [0.4, 0.5) is 5.69 Å². The topological polar surface area (TPSA) is 60.7 Å². The number of nitrogens with zero attached hydrogens (tertiary/aromatic N) is 2. The molecule has 6 heteroatoms. The second kappa shape index (κ2) is 4.60. The highest BCUT2D eigenvalue weighted by atomic mass is 35.5. The maximum atomic E-state index is 8.25. The van der Waals surface area contributed by atoms with Gasteiger partial charge in [-0.2, -0.15) is 5.26 Å². The third-order valence-corrected chi connectivity index (χ3v) is 1.68. The Labute approximate surface area is 85.5 Å². The summed E-state index contributed by atoms with van der Waals surface area (Å²) in [6, 6.07) is 3.42. The quantitative estimate of drug-likeness (QED) is 0.320. The van der Waals surface area contributed by atoms with E-state index in [1.54, 1.807) is 24.5 Å². The Morgan fingerprint density at radius 2 is 2.46 bits per heavy atom. The summed E-state index contributed by atoms with van der Waals surface area (Å²) in [7, 11) is 0. The minimum atomic E-state index is 0.192. The molecular weight excluding hydrogens is 208 g/mol. The lowest BCUT2D eigenvalue weighted by Crippen LogP contribution is -2.23. The van der Waals surface area contributed by atoms with Gasteiger partial charge in [-0.1, -0.05) is 11.6 Å². The molecule has 1 aromatic rings. The minimum Gasteiger partial charge on any atom is -0.329 e. The lowest BCUT2D eigenvalue weighted by atomic mass is 10.4. The van der Waals surface area contributed by atoms with Crippen molar-refractivity contribution in [1.29, 1.82) is 5.26 Å². The molecule has 1 aromatic heterocycles. The van der Waals surface area contributed by atoms with Crippen molar-refractivity contribution in [1.82, 2.24) is 10.3 Å². The maximum absolute atomic E-state index is 8.25. The van der Waals surface area contributed by atoms with E-state index in [2.05, 4.69) is 15.6 Å². The molecule has 1 heterocycles.